The highest BCUT2D eigenvalue weighted by Crippen LogP contribution is 2.22. The Kier molecular flexibility index (Phi) is 5.01. The van der Waals surface area contributed by atoms with Gasteiger partial charge in [-0.15, -0.1) is 0 Å². The van der Waals surface area contributed by atoms with Crippen molar-refractivity contribution in [3.8, 4) is 0 Å². The minimum Gasteiger partial charge on any atom is -0.330 e. The second-order valence-corrected chi connectivity index (χ2v) is 5.63. The number of aromatic nitrogens is 3. The highest BCUT2D eigenvalue weighted by Gasteiger charge is 2.10. The SMILES string of the molecule is CCCC(CCN)CCc1nc2nccnc2s1. The Balaban J connectivity index is 1.95. The minimum absolute atomic E-state index is 0.730. The number of nitrogens with two attached hydrogens (primary N) is 1. The van der Waals surface area contributed by atoms with E-state index in [1.165, 1.54) is 19.3 Å². The number of hydrogen-bond acceptors (Lipinski definition) is 5. The van der Waals surface area contributed by atoms with Crippen molar-refractivity contribution in [1.29, 1.82) is 0 Å². The molecule has 0 spiro atoms. The third-order valence-electron chi connectivity index (χ3n) is 3.13. The third kappa shape index (κ3) is 3.46. The van der Waals surface area contributed by atoms with Gasteiger partial charge < -0.3 is 5.73 Å². The lowest BCUT2D eigenvalue weighted by atomic mass is 9.95. The quantitative estimate of drug-likeness (QED) is 0.835. The maximum Gasteiger partial charge on any atom is 0.189 e. The first-order valence-electron chi connectivity index (χ1n) is 6.60. The maximum absolute atomic E-state index is 5.66. The summed E-state index contributed by atoms with van der Waals surface area (Å²) in [6.45, 7) is 3.02. The van der Waals surface area contributed by atoms with Crippen LogP contribution in [0.2, 0.25) is 0 Å². The van der Waals surface area contributed by atoms with Crippen molar-refractivity contribution in [3.05, 3.63) is 17.4 Å². The first kappa shape index (κ1) is 13.4. The van der Waals surface area contributed by atoms with E-state index in [9.17, 15) is 0 Å². The number of rotatable bonds is 7. The van der Waals surface area contributed by atoms with Crippen LogP contribution in [-0.4, -0.2) is 21.5 Å². The first-order chi connectivity index (χ1) is 8.83. The minimum atomic E-state index is 0.730. The van der Waals surface area contributed by atoms with E-state index >= 15 is 0 Å². The Morgan fingerprint density at radius 2 is 2.06 bits per heavy atom. The predicted molar refractivity (Wildman–Crippen MR) is 75.6 cm³/mol. The van der Waals surface area contributed by atoms with E-state index in [1.807, 2.05) is 0 Å². The van der Waals surface area contributed by atoms with Crippen molar-refractivity contribution >= 4 is 21.8 Å². The number of fused-ring (bicyclic) bond motifs is 1. The van der Waals surface area contributed by atoms with Gasteiger partial charge in [0, 0.05) is 12.4 Å². The largest absolute Gasteiger partial charge is 0.330 e. The van der Waals surface area contributed by atoms with Crippen LogP contribution in [0.5, 0.6) is 0 Å². The van der Waals surface area contributed by atoms with Crippen LogP contribution >= 0.6 is 11.3 Å². The molecule has 0 aromatic carbocycles. The van der Waals surface area contributed by atoms with Crippen molar-refractivity contribution in [2.24, 2.45) is 11.7 Å². The van der Waals surface area contributed by atoms with Crippen LogP contribution in [0, 0.1) is 5.92 Å². The van der Waals surface area contributed by atoms with E-state index < -0.39 is 0 Å². The van der Waals surface area contributed by atoms with Crippen LogP contribution < -0.4 is 5.73 Å². The summed E-state index contributed by atoms with van der Waals surface area (Å²) in [4.78, 5) is 14.0. The molecule has 98 valence electrons. The number of thiazole rings is 1. The molecule has 2 aromatic heterocycles. The second-order valence-electron chi connectivity index (χ2n) is 4.56. The molecule has 0 aliphatic rings. The van der Waals surface area contributed by atoms with Gasteiger partial charge in [0.25, 0.3) is 0 Å². The monoisotopic (exact) mass is 264 g/mol. The molecule has 2 aromatic rings. The summed E-state index contributed by atoms with van der Waals surface area (Å²) >= 11 is 1.66. The summed E-state index contributed by atoms with van der Waals surface area (Å²) in [5, 5.41) is 1.15. The molecule has 4 nitrogen and oxygen atoms in total. The third-order valence-corrected chi connectivity index (χ3v) is 4.14. The smallest absolute Gasteiger partial charge is 0.189 e. The molecule has 18 heavy (non-hydrogen) atoms. The molecule has 0 aliphatic heterocycles. The van der Waals surface area contributed by atoms with Crippen LogP contribution in [0.3, 0.4) is 0 Å². The standard InChI is InChI=1S/C13H20N4S/c1-2-3-10(6-7-14)4-5-11-17-12-13(18-11)16-9-8-15-12/h8-10H,2-7,14H2,1H3. The zero-order chi connectivity index (χ0) is 12.8. The normalized spacial score (nSPS) is 13.0. The average Bonchev–Trinajstić information content (AvgIpc) is 2.79. The van der Waals surface area contributed by atoms with Gasteiger partial charge in [0.2, 0.25) is 0 Å². The van der Waals surface area contributed by atoms with Crippen LogP contribution in [-0.2, 0) is 6.42 Å². The molecule has 0 amide bonds. The molecule has 2 rings (SSSR count). The van der Waals surface area contributed by atoms with Gasteiger partial charge >= 0.3 is 0 Å². The van der Waals surface area contributed by atoms with Crippen molar-refractivity contribution in [2.75, 3.05) is 6.54 Å². The van der Waals surface area contributed by atoms with Crippen LogP contribution in [0.25, 0.3) is 10.5 Å². The highest BCUT2D eigenvalue weighted by molar-refractivity contribution is 7.18. The molecule has 0 radical (unpaired) electrons. The van der Waals surface area contributed by atoms with Gasteiger partial charge in [-0.25, -0.2) is 15.0 Å². The Bertz CT molecular complexity index is 444. The summed E-state index contributed by atoms with van der Waals surface area (Å²) in [6, 6.07) is 0. The molecule has 2 heterocycles. The van der Waals surface area contributed by atoms with E-state index in [2.05, 4.69) is 21.9 Å². The molecule has 5 heteroatoms. The Morgan fingerprint density at radius 3 is 2.78 bits per heavy atom. The van der Waals surface area contributed by atoms with Gasteiger partial charge in [-0.1, -0.05) is 31.1 Å². The molecular formula is C13H20N4S. The zero-order valence-electron chi connectivity index (χ0n) is 10.8. The van der Waals surface area contributed by atoms with Crippen LogP contribution in [0.4, 0.5) is 0 Å². The fourth-order valence-electron chi connectivity index (χ4n) is 2.23. The van der Waals surface area contributed by atoms with Gasteiger partial charge in [-0.2, -0.15) is 0 Å². The molecule has 0 saturated heterocycles. The van der Waals surface area contributed by atoms with Crippen molar-refractivity contribution in [1.82, 2.24) is 15.0 Å². The van der Waals surface area contributed by atoms with Gasteiger partial charge in [-0.3, -0.25) is 0 Å². The Hall–Kier alpha value is -1.07. The van der Waals surface area contributed by atoms with E-state index in [0.717, 1.165) is 40.8 Å². The molecule has 1 unspecified atom stereocenters. The van der Waals surface area contributed by atoms with Gasteiger partial charge in [0.1, 0.15) is 0 Å². The van der Waals surface area contributed by atoms with Gasteiger partial charge in [-0.05, 0) is 31.7 Å². The van der Waals surface area contributed by atoms with Crippen LogP contribution in [0.15, 0.2) is 12.4 Å². The summed E-state index contributed by atoms with van der Waals surface area (Å²) < 4.78 is 0. The van der Waals surface area contributed by atoms with E-state index in [4.69, 9.17) is 5.73 Å². The lowest BCUT2D eigenvalue weighted by Crippen LogP contribution is -2.09. The van der Waals surface area contributed by atoms with Crippen molar-refractivity contribution in [3.63, 3.8) is 0 Å². The van der Waals surface area contributed by atoms with Crippen molar-refractivity contribution in [2.45, 2.75) is 39.0 Å². The molecule has 2 N–H and O–H groups in total. The van der Waals surface area contributed by atoms with Gasteiger partial charge in [0.05, 0.1) is 5.01 Å². The highest BCUT2D eigenvalue weighted by atomic mass is 32.1. The average molecular weight is 264 g/mol. The van der Waals surface area contributed by atoms with E-state index in [-0.39, 0.29) is 0 Å². The predicted octanol–water partition coefficient (Wildman–Crippen LogP) is 2.78. The maximum atomic E-state index is 5.66. The summed E-state index contributed by atoms with van der Waals surface area (Å²) in [5.74, 6) is 0.730. The van der Waals surface area contributed by atoms with Crippen LogP contribution in [0.1, 0.15) is 37.6 Å². The number of nitrogens with zero attached hydrogens (tertiary/aromatic N) is 3. The number of aryl methyl sites for hydroxylation is 1. The summed E-state index contributed by atoms with van der Waals surface area (Å²) in [5.41, 5.74) is 6.44. The molecule has 0 bridgehead atoms. The molecule has 0 aliphatic carbocycles. The summed E-state index contributed by atoms with van der Waals surface area (Å²) in [6.07, 6.45) is 9.22. The Labute approximate surface area is 112 Å². The zero-order valence-corrected chi connectivity index (χ0v) is 11.6. The second kappa shape index (κ2) is 6.75. The molecule has 0 saturated carbocycles. The fourth-order valence-corrected chi connectivity index (χ4v) is 3.11. The number of hydrogen-bond donors (Lipinski definition) is 1. The van der Waals surface area contributed by atoms with Gasteiger partial charge in [0.15, 0.2) is 10.5 Å². The molecule has 1 atom stereocenters. The van der Waals surface area contributed by atoms with E-state index in [1.54, 1.807) is 23.7 Å². The lowest BCUT2D eigenvalue weighted by Gasteiger charge is -2.13. The summed E-state index contributed by atoms with van der Waals surface area (Å²) in [7, 11) is 0. The van der Waals surface area contributed by atoms with Crippen molar-refractivity contribution < 1.29 is 0 Å². The molecule has 0 fully saturated rings. The topological polar surface area (TPSA) is 64.7 Å². The fraction of sp³-hybridized carbons (Fsp3) is 0.615. The lowest BCUT2D eigenvalue weighted by molar-refractivity contribution is 0.421. The van der Waals surface area contributed by atoms with E-state index in [0.29, 0.717) is 0 Å². The molecular weight excluding hydrogens is 244 g/mol. The first-order valence-corrected chi connectivity index (χ1v) is 7.41. The Morgan fingerprint density at radius 1 is 1.22 bits per heavy atom.